The Morgan fingerprint density at radius 3 is 3.00 bits per heavy atom. The summed E-state index contributed by atoms with van der Waals surface area (Å²) in [6, 6.07) is 2.43. The van der Waals surface area contributed by atoms with E-state index in [-0.39, 0.29) is 0 Å². The first-order valence-corrected chi connectivity index (χ1v) is 6.07. The second kappa shape index (κ2) is 5.42. The molecule has 1 saturated heterocycles. The summed E-state index contributed by atoms with van der Waals surface area (Å²) in [7, 11) is 4.35. The minimum atomic E-state index is 0.526. The summed E-state index contributed by atoms with van der Waals surface area (Å²) in [4.78, 5) is 13.3. The zero-order valence-corrected chi connectivity index (χ0v) is 10.8. The molecule has 2 rings (SSSR count). The standard InChI is InChI=1S/C12H21N5/c1-10-4-5-13-12(15-10)14-8-11-9-16(2)6-7-17(11)3/h4-5,11H,6-9H2,1-3H3,(H,13,14,15). The van der Waals surface area contributed by atoms with Crippen LogP contribution >= 0.6 is 0 Å². The van der Waals surface area contributed by atoms with Crippen molar-refractivity contribution in [1.82, 2.24) is 19.8 Å². The maximum Gasteiger partial charge on any atom is 0.222 e. The molecular weight excluding hydrogens is 214 g/mol. The number of rotatable bonds is 3. The molecule has 0 amide bonds. The summed E-state index contributed by atoms with van der Waals surface area (Å²) < 4.78 is 0. The number of aromatic nitrogens is 2. The Bertz CT molecular complexity index is 368. The van der Waals surface area contributed by atoms with Crippen LogP contribution in [0.25, 0.3) is 0 Å². The smallest absolute Gasteiger partial charge is 0.222 e. The van der Waals surface area contributed by atoms with Crippen molar-refractivity contribution in [3.8, 4) is 0 Å². The molecule has 0 saturated carbocycles. The third-order valence-corrected chi connectivity index (χ3v) is 3.27. The summed E-state index contributed by atoms with van der Waals surface area (Å²) >= 11 is 0. The van der Waals surface area contributed by atoms with E-state index in [4.69, 9.17) is 0 Å². The summed E-state index contributed by atoms with van der Waals surface area (Å²) in [5.74, 6) is 0.728. The van der Waals surface area contributed by atoms with Crippen molar-refractivity contribution in [3.05, 3.63) is 18.0 Å². The third kappa shape index (κ3) is 3.38. The van der Waals surface area contributed by atoms with Gasteiger partial charge in [-0.25, -0.2) is 9.97 Å². The first kappa shape index (κ1) is 12.3. The van der Waals surface area contributed by atoms with Gasteiger partial charge in [0, 0.05) is 44.1 Å². The number of hydrogen-bond acceptors (Lipinski definition) is 5. The van der Waals surface area contributed by atoms with Gasteiger partial charge in [0.2, 0.25) is 5.95 Å². The molecule has 1 unspecified atom stereocenters. The first-order chi connectivity index (χ1) is 8.15. The van der Waals surface area contributed by atoms with Crippen LogP contribution in [0.5, 0.6) is 0 Å². The summed E-state index contributed by atoms with van der Waals surface area (Å²) in [5, 5.41) is 3.32. The second-order valence-electron chi connectivity index (χ2n) is 4.80. The van der Waals surface area contributed by atoms with Crippen molar-refractivity contribution in [3.63, 3.8) is 0 Å². The Kier molecular flexibility index (Phi) is 3.91. The lowest BCUT2D eigenvalue weighted by Gasteiger charge is -2.37. The number of anilines is 1. The molecule has 1 aliphatic rings. The van der Waals surface area contributed by atoms with Crippen molar-refractivity contribution in [2.24, 2.45) is 0 Å². The normalized spacial score (nSPS) is 22.6. The van der Waals surface area contributed by atoms with Crippen LogP contribution in [0.3, 0.4) is 0 Å². The van der Waals surface area contributed by atoms with Crippen LogP contribution in [-0.2, 0) is 0 Å². The summed E-state index contributed by atoms with van der Waals surface area (Å²) in [5.41, 5.74) is 0.997. The van der Waals surface area contributed by atoms with Gasteiger partial charge in [0.25, 0.3) is 0 Å². The van der Waals surface area contributed by atoms with Crippen molar-refractivity contribution in [1.29, 1.82) is 0 Å². The summed E-state index contributed by atoms with van der Waals surface area (Å²) in [6.45, 7) is 6.23. The molecule has 5 nitrogen and oxygen atoms in total. The quantitative estimate of drug-likeness (QED) is 0.824. The molecule has 1 aromatic rings. The van der Waals surface area contributed by atoms with Crippen molar-refractivity contribution in [2.45, 2.75) is 13.0 Å². The van der Waals surface area contributed by atoms with E-state index in [0.29, 0.717) is 6.04 Å². The average molecular weight is 235 g/mol. The van der Waals surface area contributed by atoms with Gasteiger partial charge >= 0.3 is 0 Å². The molecule has 94 valence electrons. The zero-order chi connectivity index (χ0) is 12.3. The van der Waals surface area contributed by atoms with Gasteiger partial charge in [0.05, 0.1) is 0 Å². The Labute approximate surface area is 103 Å². The minimum absolute atomic E-state index is 0.526. The molecule has 1 atom stereocenters. The average Bonchev–Trinajstić information content (AvgIpc) is 2.30. The molecule has 1 aromatic heterocycles. The topological polar surface area (TPSA) is 44.3 Å². The van der Waals surface area contributed by atoms with Crippen LogP contribution < -0.4 is 5.32 Å². The highest BCUT2D eigenvalue weighted by molar-refractivity contribution is 5.25. The molecule has 0 radical (unpaired) electrons. The van der Waals surface area contributed by atoms with Gasteiger partial charge in [0.15, 0.2) is 0 Å². The Morgan fingerprint density at radius 2 is 2.24 bits per heavy atom. The lowest BCUT2D eigenvalue weighted by atomic mass is 10.2. The van der Waals surface area contributed by atoms with Gasteiger partial charge in [-0.2, -0.15) is 0 Å². The molecule has 5 heteroatoms. The van der Waals surface area contributed by atoms with Crippen LogP contribution in [0.1, 0.15) is 5.69 Å². The van der Waals surface area contributed by atoms with Crippen LogP contribution in [0.4, 0.5) is 5.95 Å². The zero-order valence-electron chi connectivity index (χ0n) is 10.8. The van der Waals surface area contributed by atoms with Gasteiger partial charge in [-0.05, 0) is 27.1 Å². The molecule has 1 N–H and O–H groups in total. The predicted molar refractivity (Wildman–Crippen MR) is 69.2 cm³/mol. The molecule has 1 fully saturated rings. The Balaban J connectivity index is 1.88. The second-order valence-corrected chi connectivity index (χ2v) is 4.80. The molecule has 0 spiro atoms. The van der Waals surface area contributed by atoms with E-state index in [1.54, 1.807) is 6.20 Å². The fourth-order valence-electron chi connectivity index (χ4n) is 2.07. The minimum Gasteiger partial charge on any atom is -0.353 e. The van der Waals surface area contributed by atoms with Crippen LogP contribution in [0.2, 0.25) is 0 Å². The van der Waals surface area contributed by atoms with Crippen molar-refractivity contribution in [2.75, 3.05) is 45.6 Å². The highest BCUT2D eigenvalue weighted by Gasteiger charge is 2.21. The number of nitrogens with zero attached hydrogens (tertiary/aromatic N) is 4. The van der Waals surface area contributed by atoms with Crippen LogP contribution in [0.15, 0.2) is 12.3 Å². The highest BCUT2D eigenvalue weighted by atomic mass is 15.3. The van der Waals surface area contributed by atoms with Crippen LogP contribution in [0, 0.1) is 6.92 Å². The van der Waals surface area contributed by atoms with E-state index < -0.39 is 0 Å². The lowest BCUT2D eigenvalue weighted by molar-refractivity contribution is 0.121. The number of hydrogen-bond donors (Lipinski definition) is 1. The Hall–Kier alpha value is -1.20. The molecule has 17 heavy (non-hydrogen) atoms. The van der Waals surface area contributed by atoms with Crippen molar-refractivity contribution >= 4 is 5.95 Å². The maximum atomic E-state index is 4.35. The monoisotopic (exact) mass is 235 g/mol. The van der Waals surface area contributed by atoms with Crippen LogP contribution in [-0.4, -0.2) is 66.1 Å². The fraction of sp³-hybridized carbons (Fsp3) is 0.667. The number of nitrogens with one attached hydrogen (secondary N) is 1. The molecular formula is C12H21N5. The van der Waals surface area contributed by atoms with E-state index in [9.17, 15) is 0 Å². The molecule has 0 aromatic carbocycles. The first-order valence-electron chi connectivity index (χ1n) is 6.07. The number of aryl methyl sites for hydroxylation is 1. The van der Waals surface area contributed by atoms with Gasteiger partial charge in [-0.3, -0.25) is 4.90 Å². The van der Waals surface area contributed by atoms with Crippen molar-refractivity contribution < 1.29 is 0 Å². The van der Waals surface area contributed by atoms with E-state index in [0.717, 1.165) is 37.8 Å². The van der Waals surface area contributed by atoms with Gasteiger partial charge in [0.1, 0.15) is 0 Å². The van der Waals surface area contributed by atoms with E-state index >= 15 is 0 Å². The molecule has 0 bridgehead atoms. The number of likely N-dealkylation sites (N-methyl/N-ethyl adjacent to an activating group) is 2. The van der Waals surface area contributed by atoms with E-state index in [1.165, 1.54) is 0 Å². The highest BCUT2D eigenvalue weighted by Crippen LogP contribution is 2.07. The predicted octanol–water partition coefficient (Wildman–Crippen LogP) is 0.443. The van der Waals surface area contributed by atoms with E-state index in [1.807, 2.05) is 13.0 Å². The van der Waals surface area contributed by atoms with Gasteiger partial charge in [-0.15, -0.1) is 0 Å². The molecule has 2 heterocycles. The van der Waals surface area contributed by atoms with Gasteiger partial charge in [-0.1, -0.05) is 0 Å². The summed E-state index contributed by atoms with van der Waals surface area (Å²) in [6.07, 6.45) is 1.79. The SMILES string of the molecule is Cc1ccnc(NCC2CN(C)CCN2C)n1. The molecule has 1 aliphatic heterocycles. The van der Waals surface area contributed by atoms with E-state index in [2.05, 4.69) is 39.2 Å². The maximum absolute atomic E-state index is 4.35. The number of piperazine rings is 1. The molecule has 0 aliphatic carbocycles. The van der Waals surface area contributed by atoms with Gasteiger partial charge < -0.3 is 10.2 Å². The fourth-order valence-corrected chi connectivity index (χ4v) is 2.07. The lowest BCUT2D eigenvalue weighted by Crippen LogP contribution is -2.52. The Morgan fingerprint density at radius 1 is 1.41 bits per heavy atom. The third-order valence-electron chi connectivity index (χ3n) is 3.27. The largest absolute Gasteiger partial charge is 0.353 e.